The molecular formula is C44H87N5O2. The van der Waals surface area contributed by atoms with Gasteiger partial charge < -0.3 is 26.6 Å². The highest BCUT2D eigenvalue weighted by Gasteiger charge is 2.02. The van der Waals surface area contributed by atoms with E-state index >= 15 is 0 Å². The maximum absolute atomic E-state index is 12.1. The molecule has 0 heterocycles. The molecular weight excluding hydrogens is 631 g/mol. The van der Waals surface area contributed by atoms with Crippen LogP contribution < -0.4 is 26.6 Å². The third-order valence-electron chi connectivity index (χ3n) is 9.54. The molecule has 0 atom stereocenters. The topological polar surface area (TPSA) is 94.3 Å². The third-order valence-corrected chi connectivity index (χ3v) is 9.54. The van der Waals surface area contributed by atoms with E-state index in [9.17, 15) is 9.59 Å². The summed E-state index contributed by atoms with van der Waals surface area (Å²) in [6.07, 6.45) is 44.0. The molecule has 0 radical (unpaired) electrons. The van der Waals surface area contributed by atoms with Crippen molar-refractivity contribution < 1.29 is 9.59 Å². The van der Waals surface area contributed by atoms with E-state index in [1.165, 1.54) is 141 Å². The number of allylic oxidation sites excluding steroid dienone is 4. The predicted octanol–water partition coefficient (Wildman–Crippen LogP) is 10.1. The van der Waals surface area contributed by atoms with Gasteiger partial charge in [0, 0.05) is 65.2 Å². The minimum atomic E-state index is 0.179. The normalized spacial score (nSPS) is 11.6. The highest BCUT2D eigenvalue weighted by Crippen LogP contribution is 2.11. The first-order valence-corrected chi connectivity index (χ1v) is 22.2. The second-order valence-electron chi connectivity index (χ2n) is 14.6. The maximum atomic E-state index is 12.1. The SMILES string of the molecule is CCCCCCCCC=CCCCCCCCC(=O)NCCNCCNCCNCCNC(=O)CCCCCCCC=CCCCCCCCC. The Morgan fingerprint density at radius 3 is 0.902 bits per heavy atom. The minimum Gasteiger partial charge on any atom is -0.355 e. The summed E-state index contributed by atoms with van der Waals surface area (Å²) >= 11 is 0. The van der Waals surface area contributed by atoms with Gasteiger partial charge in [-0.2, -0.15) is 0 Å². The molecule has 0 aliphatic carbocycles. The maximum Gasteiger partial charge on any atom is 0.220 e. The molecule has 0 aromatic carbocycles. The van der Waals surface area contributed by atoms with Crippen molar-refractivity contribution in [2.75, 3.05) is 52.4 Å². The van der Waals surface area contributed by atoms with Crippen LogP contribution in [0, 0.1) is 0 Å². The number of carbonyl (C=O) groups is 2. The molecule has 0 saturated carbocycles. The van der Waals surface area contributed by atoms with Crippen molar-refractivity contribution >= 4 is 11.8 Å². The van der Waals surface area contributed by atoms with E-state index in [-0.39, 0.29) is 11.8 Å². The standard InChI is InChI=1S/C44H87N5O2/c1-3-5-7-9-11-13-15-17-19-21-23-25-27-29-31-33-43(50)48-41-39-46-37-35-45-36-38-47-40-42-49-44(51)34-32-30-28-26-24-22-20-18-16-14-12-10-8-6-4-2/h17-20,45-47H,3-16,21-42H2,1-2H3,(H,48,50)(H,49,51). The Morgan fingerprint density at radius 2 is 0.588 bits per heavy atom. The molecule has 0 aromatic heterocycles. The van der Waals surface area contributed by atoms with E-state index in [4.69, 9.17) is 0 Å². The lowest BCUT2D eigenvalue weighted by Gasteiger charge is -2.09. The van der Waals surface area contributed by atoms with Crippen LogP contribution in [0.3, 0.4) is 0 Å². The van der Waals surface area contributed by atoms with Crippen molar-refractivity contribution in [3.8, 4) is 0 Å². The first kappa shape index (κ1) is 49.3. The Balaban J connectivity index is 3.27. The summed E-state index contributed by atoms with van der Waals surface area (Å²) < 4.78 is 0. The Morgan fingerprint density at radius 1 is 0.333 bits per heavy atom. The molecule has 51 heavy (non-hydrogen) atoms. The molecule has 0 aliphatic rings. The molecule has 2 amide bonds. The summed E-state index contributed by atoms with van der Waals surface area (Å²) in [5, 5.41) is 16.2. The summed E-state index contributed by atoms with van der Waals surface area (Å²) in [7, 11) is 0. The van der Waals surface area contributed by atoms with E-state index in [2.05, 4.69) is 64.7 Å². The summed E-state index contributed by atoms with van der Waals surface area (Å²) in [5.74, 6) is 0.357. The van der Waals surface area contributed by atoms with Crippen LogP contribution in [0.25, 0.3) is 0 Å². The Kier molecular flexibility index (Phi) is 43.0. The summed E-state index contributed by atoms with van der Waals surface area (Å²) in [6, 6.07) is 0. The molecule has 0 aliphatic heterocycles. The van der Waals surface area contributed by atoms with Gasteiger partial charge in [0.2, 0.25) is 11.8 Å². The van der Waals surface area contributed by atoms with Gasteiger partial charge in [0.1, 0.15) is 0 Å². The van der Waals surface area contributed by atoms with Crippen LogP contribution in [-0.2, 0) is 9.59 Å². The fourth-order valence-electron chi connectivity index (χ4n) is 6.20. The average molecular weight is 718 g/mol. The van der Waals surface area contributed by atoms with Crippen molar-refractivity contribution in [1.82, 2.24) is 26.6 Å². The Labute approximate surface area is 317 Å². The van der Waals surface area contributed by atoms with Gasteiger partial charge in [0.25, 0.3) is 0 Å². The van der Waals surface area contributed by atoms with Crippen molar-refractivity contribution in [2.45, 2.75) is 194 Å². The van der Waals surface area contributed by atoms with Gasteiger partial charge in [-0.3, -0.25) is 9.59 Å². The zero-order chi connectivity index (χ0) is 37.0. The highest BCUT2D eigenvalue weighted by molar-refractivity contribution is 5.76. The molecule has 7 nitrogen and oxygen atoms in total. The van der Waals surface area contributed by atoms with Gasteiger partial charge in [0.05, 0.1) is 0 Å². The van der Waals surface area contributed by atoms with Gasteiger partial charge in [-0.1, -0.05) is 141 Å². The lowest BCUT2D eigenvalue weighted by Crippen LogP contribution is -2.37. The summed E-state index contributed by atoms with van der Waals surface area (Å²) in [5.41, 5.74) is 0. The smallest absolute Gasteiger partial charge is 0.220 e. The van der Waals surface area contributed by atoms with Crippen LogP contribution in [0.1, 0.15) is 194 Å². The molecule has 0 spiro atoms. The fraction of sp³-hybridized carbons (Fsp3) is 0.864. The molecule has 0 fully saturated rings. The monoisotopic (exact) mass is 718 g/mol. The quantitative estimate of drug-likeness (QED) is 0.0320. The number of nitrogens with one attached hydrogen (secondary N) is 5. The number of amides is 2. The molecule has 0 saturated heterocycles. The number of hydrogen-bond donors (Lipinski definition) is 5. The van der Waals surface area contributed by atoms with Crippen LogP contribution in [0.5, 0.6) is 0 Å². The lowest BCUT2D eigenvalue weighted by molar-refractivity contribution is -0.122. The van der Waals surface area contributed by atoms with E-state index < -0.39 is 0 Å². The first-order valence-electron chi connectivity index (χ1n) is 22.2. The zero-order valence-corrected chi connectivity index (χ0v) is 34.1. The fourth-order valence-corrected chi connectivity index (χ4v) is 6.20. The van der Waals surface area contributed by atoms with E-state index in [1.54, 1.807) is 0 Å². The summed E-state index contributed by atoms with van der Waals surface area (Å²) in [6.45, 7) is 11.1. The Bertz CT molecular complexity index is 711. The van der Waals surface area contributed by atoms with Crippen molar-refractivity contribution in [1.29, 1.82) is 0 Å². The van der Waals surface area contributed by atoms with Crippen LogP contribution in [-0.4, -0.2) is 64.2 Å². The zero-order valence-electron chi connectivity index (χ0n) is 34.1. The van der Waals surface area contributed by atoms with Gasteiger partial charge in [-0.15, -0.1) is 0 Å². The lowest BCUT2D eigenvalue weighted by atomic mass is 10.1. The second-order valence-corrected chi connectivity index (χ2v) is 14.6. The molecule has 5 N–H and O–H groups in total. The van der Waals surface area contributed by atoms with E-state index in [1.807, 2.05) is 0 Å². The highest BCUT2D eigenvalue weighted by atomic mass is 16.2. The number of hydrogen-bond acceptors (Lipinski definition) is 5. The first-order chi connectivity index (χ1) is 25.2. The van der Waals surface area contributed by atoms with Crippen molar-refractivity contribution in [2.24, 2.45) is 0 Å². The van der Waals surface area contributed by atoms with Crippen molar-refractivity contribution in [3.05, 3.63) is 24.3 Å². The van der Waals surface area contributed by atoms with E-state index in [0.29, 0.717) is 25.9 Å². The number of unbranched alkanes of at least 4 members (excludes halogenated alkanes) is 22. The molecule has 0 bridgehead atoms. The van der Waals surface area contributed by atoms with Gasteiger partial charge in [0.15, 0.2) is 0 Å². The van der Waals surface area contributed by atoms with Gasteiger partial charge in [-0.05, 0) is 64.2 Å². The van der Waals surface area contributed by atoms with Crippen LogP contribution in [0.4, 0.5) is 0 Å². The van der Waals surface area contributed by atoms with Crippen LogP contribution >= 0.6 is 0 Å². The van der Waals surface area contributed by atoms with Crippen LogP contribution in [0.2, 0.25) is 0 Å². The molecule has 0 aromatic rings. The largest absolute Gasteiger partial charge is 0.355 e. The van der Waals surface area contributed by atoms with Gasteiger partial charge in [-0.25, -0.2) is 0 Å². The van der Waals surface area contributed by atoms with E-state index in [0.717, 1.165) is 65.0 Å². The van der Waals surface area contributed by atoms with Gasteiger partial charge >= 0.3 is 0 Å². The Hall–Kier alpha value is -1.70. The molecule has 0 unspecified atom stereocenters. The second kappa shape index (κ2) is 44.5. The molecule has 7 heteroatoms. The van der Waals surface area contributed by atoms with Crippen LogP contribution in [0.15, 0.2) is 24.3 Å². The predicted molar refractivity (Wildman–Crippen MR) is 224 cm³/mol. The van der Waals surface area contributed by atoms with Crippen molar-refractivity contribution in [3.63, 3.8) is 0 Å². The average Bonchev–Trinajstić information content (AvgIpc) is 3.13. The number of rotatable bonds is 42. The third kappa shape index (κ3) is 44.4. The summed E-state index contributed by atoms with van der Waals surface area (Å²) in [4.78, 5) is 24.1. The molecule has 300 valence electrons. The minimum absolute atomic E-state index is 0.179. The number of carbonyl (C=O) groups excluding carboxylic acids is 2. The molecule has 0 rings (SSSR count).